The van der Waals surface area contributed by atoms with Gasteiger partial charge in [0.05, 0.1) is 24.5 Å². The van der Waals surface area contributed by atoms with Crippen LogP contribution in [-0.2, 0) is 6.54 Å². The van der Waals surface area contributed by atoms with Gasteiger partial charge in [0.25, 0.3) is 0 Å². The van der Waals surface area contributed by atoms with Gasteiger partial charge in [-0.25, -0.2) is 18.7 Å². The average Bonchev–Trinajstić information content (AvgIpc) is 3.63. The van der Waals surface area contributed by atoms with E-state index in [9.17, 15) is 8.78 Å². The van der Waals surface area contributed by atoms with Crippen molar-refractivity contribution < 1.29 is 13.3 Å². The maximum atomic E-state index is 14.9. The minimum absolute atomic E-state index is 0.0177. The maximum absolute atomic E-state index is 14.9. The molecule has 1 atom stereocenters. The van der Waals surface area contributed by atoms with Crippen molar-refractivity contribution in [3.8, 4) is 22.9 Å². The van der Waals surface area contributed by atoms with Crippen LogP contribution in [-0.4, -0.2) is 52.6 Å². The van der Waals surface area contributed by atoms with Gasteiger partial charge in [0.2, 0.25) is 0 Å². The first-order valence-electron chi connectivity index (χ1n) is 11.1. The molecule has 0 bridgehead atoms. The van der Waals surface area contributed by atoms with Crippen LogP contribution in [0.15, 0.2) is 53.4 Å². The molecule has 0 saturated carbocycles. The van der Waals surface area contributed by atoms with Crippen molar-refractivity contribution in [3.63, 3.8) is 0 Å². The quantitative estimate of drug-likeness (QED) is 0.345. The van der Waals surface area contributed by atoms with Gasteiger partial charge in [0.1, 0.15) is 23.5 Å². The van der Waals surface area contributed by atoms with E-state index in [2.05, 4.69) is 40.8 Å². The first-order valence-corrected chi connectivity index (χ1v) is 11.1. The van der Waals surface area contributed by atoms with Gasteiger partial charge >= 0.3 is 0 Å². The van der Waals surface area contributed by atoms with Crippen molar-refractivity contribution in [2.24, 2.45) is 5.92 Å². The number of tetrazole rings is 1. The second-order valence-electron chi connectivity index (χ2n) is 8.48. The van der Waals surface area contributed by atoms with E-state index in [1.165, 1.54) is 12.3 Å². The highest BCUT2D eigenvalue weighted by atomic mass is 19.1. The lowest BCUT2D eigenvalue weighted by Gasteiger charge is -2.29. The van der Waals surface area contributed by atoms with Crippen LogP contribution >= 0.6 is 0 Å². The summed E-state index contributed by atoms with van der Waals surface area (Å²) >= 11 is 0. The Morgan fingerprint density at radius 1 is 1.11 bits per heavy atom. The van der Waals surface area contributed by atoms with E-state index in [-0.39, 0.29) is 29.9 Å². The molecule has 0 aliphatic carbocycles. The lowest BCUT2D eigenvalue weighted by Crippen LogP contribution is -2.31. The number of aromatic amines is 1. The molecule has 1 unspecified atom stereocenters. The molecule has 0 aliphatic heterocycles. The summed E-state index contributed by atoms with van der Waals surface area (Å²) in [5.74, 6) is -0.304. The third-order valence-electron chi connectivity index (χ3n) is 5.72. The Morgan fingerprint density at radius 2 is 1.94 bits per heavy atom. The third-order valence-corrected chi connectivity index (χ3v) is 5.72. The standard InChI is InChI=1S/C23H22F2N10O/c1-13(2)20(22-28-32-33-29-22)34(3)23-16(25)11-26-21(27-23)18-10-19(17-8-9-36-31-17)35(30-18)12-14-6-4-5-7-15(14)24/h4-11,13,20H,12H2,1-3H3,(H,28,29,32,33). The van der Waals surface area contributed by atoms with Crippen LogP contribution in [0.5, 0.6) is 0 Å². The zero-order valence-corrected chi connectivity index (χ0v) is 19.7. The van der Waals surface area contributed by atoms with E-state index in [1.54, 1.807) is 47.0 Å². The Morgan fingerprint density at radius 3 is 2.64 bits per heavy atom. The SMILES string of the molecule is CC(C)C(c1nn[nH]n1)N(C)c1nc(-c2cc(-c3ccon3)n(Cc3ccccc3F)n2)ncc1F. The highest BCUT2D eigenvalue weighted by Crippen LogP contribution is 2.31. The van der Waals surface area contributed by atoms with Gasteiger partial charge in [-0.3, -0.25) is 4.68 Å². The summed E-state index contributed by atoms with van der Waals surface area (Å²) < 4.78 is 35.9. The smallest absolute Gasteiger partial charge is 0.197 e. The number of nitrogens with zero attached hydrogens (tertiary/aromatic N) is 9. The molecule has 0 aliphatic rings. The molecule has 4 aromatic heterocycles. The molecule has 0 radical (unpaired) electrons. The van der Waals surface area contributed by atoms with Crippen molar-refractivity contribution in [2.75, 3.05) is 11.9 Å². The van der Waals surface area contributed by atoms with Crippen LogP contribution in [0.4, 0.5) is 14.6 Å². The molecule has 0 saturated heterocycles. The lowest BCUT2D eigenvalue weighted by atomic mass is 10.0. The largest absolute Gasteiger partial charge is 0.364 e. The molecule has 11 nitrogen and oxygen atoms in total. The van der Waals surface area contributed by atoms with Gasteiger partial charge in [-0.05, 0) is 18.1 Å². The van der Waals surface area contributed by atoms with Gasteiger partial charge in [-0.2, -0.15) is 10.3 Å². The van der Waals surface area contributed by atoms with Gasteiger partial charge in [-0.15, -0.1) is 10.2 Å². The number of aromatic nitrogens is 9. The normalized spacial score (nSPS) is 12.3. The predicted molar refractivity (Wildman–Crippen MR) is 124 cm³/mol. The fourth-order valence-electron chi connectivity index (χ4n) is 4.06. The fourth-order valence-corrected chi connectivity index (χ4v) is 4.06. The van der Waals surface area contributed by atoms with E-state index in [1.807, 2.05) is 13.8 Å². The number of H-pyrrole nitrogens is 1. The molecule has 4 heterocycles. The number of rotatable bonds is 8. The van der Waals surface area contributed by atoms with Gasteiger partial charge in [0.15, 0.2) is 23.3 Å². The van der Waals surface area contributed by atoms with Crippen molar-refractivity contribution in [2.45, 2.75) is 26.4 Å². The van der Waals surface area contributed by atoms with Gasteiger partial charge < -0.3 is 9.42 Å². The molecule has 0 fully saturated rings. The molecular formula is C23H22F2N10O. The van der Waals surface area contributed by atoms with Crippen LogP contribution < -0.4 is 4.90 Å². The molecule has 0 amide bonds. The molecule has 5 rings (SSSR count). The molecular weight excluding hydrogens is 470 g/mol. The van der Waals surface area contributed by atoms with Gasteiger partial charge in [-0.1, -0.05) is 42.4 Å². The molecule has 13 heteroatoms. The second-order valence-corrected chi connectivity index (χ2v) is 8.48. The second kappa shape index (κ2) is 9.60. The van der Waals surface area contributed by atoms with Crippen LogP contribution in [0.1, 0.15) is 31.3 Å². The van der Waals surface area contributed by atoms with E-state index >= 15 is 0 Å². The number of hydrogen-bond acceptors (Lipinski definition) is 9. The number of nitrogens with one attached hydrogen (secondary N) is 1. The van der Waals surface area contributed by atoms with Crippen molar-refractivity contribution in [1.29, 1.82) is 0 Å². The molecule has 0 spiro atoms. The zero-order valence-electron chi connectivity index (χ0n) is 19.7. The fraction of sp³-hybridized carbons (Fsp3) is 0.261. The van der Waals surface area contributed by atoms with E-state index in [0.717, 1.165) is 6.20 Å². The molecule has 184 valence electrons. The third kappa shape index (κ3) is 4.42. The minimum atomic E-state index is -0.613. The van der Waals surface area contributed by atoms with Crippen LogP contribution in [0.2, 0.25) is 0 Å². The Balaban J connectivity index is 1.55. The zero-order chi connectivity index (χ0) is 25.2. The summed E-state index contributed by atoms with van der Waals surface area (Å²) in [6.07, 6.45) is 2.52. The number of anilines is 1. The molecule has 1 aromatic carbocycles. The van der Waals surface area contributed by atoms with Crippen LogP contribution in [0, 0.1) is 17.6 Å². The monoisotopic (exact) mass is 492 g/mol. The summed E-state index contributed by atoms with van der Waals surface area (Å²) in [5, 5.41) is 22.8. The topological polar surface area (TPSA) is 127 Å². The number of hydrogen-bond donors (Lipinski definition) is 1. The molecule has 36 heavy (non-hydrogen) atoms. The van der Waals surface area contributed by atoms with E-state index in [4.69, 9.17) is 4.52 Å². The summed E-state index contributed by atoms with van der Waals surface area (Å²) in [4.78, 5) is 10.3. The summed E-state index contributed by atoms with van der Waals surface area (Å²) in [5.41, 5.74) is 1.87. The highest BCUT2D eigenvalue weighted by molar-refractivity contribution is 5.63. The number of benzene rings is 1. The van der Waals surface area contributed by atoms with Crippen molar-refractivity contribution in [1.82, 2.24) is 45.5 Å². The summed E-state index contributed by atoms with van der Waals surface area (Å²) in [7, 11) is 1.70. The first kappa shape index (κ1) is 23.2. The van der Waals surface area contributed by atoms with Gasteiger partial charge in [0, 0.05) is 18.7 Å². The average molecular weight is 492 g/mol. The van der Waals surface area contributed by atoms with Crippen molar-refractivity contribution >= 4 is 5.82 Å². The Kier molecular flexibility index (Phi) is 6.19. The van der Waals surface area contributed by atoms with Crippen LogP contribution in [0.3, 0.4) is 0 Å². The van der Waals surface area contributed by atoms with E-state index in [0.29, 0.717) is 28.5 Å². The van der Waals surface area contributed by atoms with E-state index < -0.39 is 11.9 Å². The first-order chi connectivity index (χ1) is 17.4. The number of halogens is 2. The summed E-state index contributed by atoms with van der Waals surface area (Å²) in [6.45, 7) is 4.06. The maximum Gasteiger partial charge on any atom is 0.197 e. The Bertz CT molecular complexity index is 1450. The Hall–Kier alpha value is -4.55. The lowest BCUT2D eigenvalue weighted by molar-refractivity contribution is 0.421. The molecule has 1 N–H and O–H groups in total. The van der Waals surface area contributed by atoms with Crippen LogP contribution in [0.25, 0.3) is 22.9 Å². The Labute approximate surface area is 204 Å². The van der Waals surface area contributed by atoms with Crippen molar-refractivity contribution in [3.05, 3.63) is 71.9 Å². The summed E-state index contributed by atoms with van der Waals surface area (Å²) in [6, 6.07) is 9.40. The highest BCUT2D eigenvalue weighted by Gasteiger charge is 2.28. The predicted octanol–water partition coefficient (Wildman–Crippen LogP) is 3.67. The minimum Gasteiger partial charge on any atom is -0.364 e. The molecule has 5 aromatic rings.